The van der Waals surface area contributed by atoms with Gasteiger partial charge in [0.15, 0.2) is 0 Å². The quantitative estimate of drug-likeness (QED) is 0.662. The highest BCUT2D eigenvalue weighted by molar-refractivity contribution is 7.99. The van der Waals surface area contributed by atoms with Crippen molar-refractivity contribution < 1.29 is 19.0 Å². The molecule has 0 saturated carbocycles. The first-order valence-electron chi connectivity index (χ1n) is 7.60. The monoisotopic (exact) mass is 381 g/mol. The first-order chi connectivity index (χ1) is 12.1. The van der Waals surface area contributed by atoms with Crippen molar-refractivity contribution in [2.75, 3.05) is 37.6 Å². The molecule has 7 heteroatoms. The third kappa shape index (κ3) is 6.40. The summed E-state index contributed by atoms with van der Waals surface area (Å²) in [6.45, 7) is 0.516. The summed E-state index contributed by atoms with van der Waals surface area (Å²) in [4.78, 5) is 12.1. The van der Waals surface area contributed by atoms with Crippen LogP contribution in [0.2, 0.25) is 5.02 Å². The molecule has 0 fully saturated rings. The molecule has 0 bridgehead atoms. The van der Waals surface area contributed by atoms with E-state index in [1.165, 1.54) is 11.8 Å². The summed E-state index contributed by atoms with van der Waals surface area (Å²) in [7, 11) is 3.13. The molecule has 1 N–H and O–H groups in total. The number of nitrogens with one attached hydrogen (secondary N) is 1. The third-order valence-corrected chi connectivity index (χ3v) is 4.40. The Balaban J connectivity index is 1.73. The van der Waals surface area contributed by atoms with Crippen molar-refractivity contribution >= 4 is 35.0 Å². The van der Waals surface area contributed by atoms with Gasteiger partial charge in [-0.2, -0.15) is 0 Å². The van der Waals surface area contributed by atoms with E-state index < -0.39 is 0 Å². The molecule has 134 valence electrons. The number of anilines is 1. The van der Waals surface area contributed by atoms with Crippen LogP contribution in [-0.4, -0.2) is 38.2 Å². The molecule has 0 aromatic heterocycles. The Morgan fingerprint density at radius 1 is 1.08 bits per heavy atom. The Labute approximate surface area is 156 Å². The second-order valence-electron chi connectivity index (χ2n) is 4.97. The van der Waals surface area contributed by atoms with Crippen LogP contribution < -0.4 is 19.5 Å². The highest BCUT2D eigenvalue weighted by atomic mass is 35.5. The summed E-state index contributed by atoms with van der Waals surface area (Å²) in [5.74, 6) is 2.92. The van der Waals surface area contributed by atoms with Gasteiger partial charge in [0.2, 0.25) is 5.91 Å². The van der Waals surface area contributed by atoms with Crippen LogP contribution in [0.15, 0.2) is 42.5 Å². The van der Waals surface area contributed by atoms with Crippen molar-refractivity contribution in [2.45, 2.75) is 0 Å². The first-order valence-corrected chi connectivity index (χ1v) is 9.13. The molecule has 0 atom stereocenters. The molecule has 0 aliphatic heterocycles. The van der Waals surface area contributed by atoms with Crippen LogP contribution in [0.1, 0.15) is 0 Å². The zero-order chi connectivity index (χ0) is 18.1. The predicted molar refractivity (Wildman–Crippen MR) is 102 cm³/mol. The maximum absolute atomic E-state index is 12.1. The third-order valence-electron chi connectivity index (χ3n) is 3.22. The first kappa shape index (κ1) is 19.3. The van der Waals surface area contributed by atoms with E-state index in [0.717, 1.165) is 5.75 Å². The molecule has 0 aliphatic carbocycles. The van der Waals surface area contributed by atoms with Crippen molar-refractivity contribution in [2.24, 2.45) is 0 Å². The largest absolute Gasteiger partial charge is 0.497 e. The molecule has 5 nitrogen and oxygen atoms in total. The fraction of sp³-hybridized carbons (Fsp3) is 0.278. The number of methoxy groups -OCH3 is 2. The molecule has 0 aliphatic rings. The molecule has 1 amide bonds. The van der Waals surface area contributed by atoms with Crippen LogP contribution >= 0.6 is 23.4 Å². The lowest BCUT2D eigenvalue weighted by molar-refractivity contribution is -0.113. The van der Waals surface area contributed by atoms with Gasteiger partial charge in [0, 0.05) is 16.8 Å². The molecule has 0 heterocycles. The van der Waals surface area contributed by atoms with Gasteiger partial charge in [0.25, 0.3) is 0 Å². The van der Waals surface area contributed by atoms with Gasteiger partial charge in [-0.25, -0.2) is 0 Å². The number of ether oxygens (including phenoxy) is 3. The van der Waals surface area contributed by atoms with Gasteiger partial charge in [0.1, 0.15) is 17.2 Å². The van der Waals surface area contributed by atoms with Crippen molar-refractivity contribution in [3.8, 4) is 17.2 Å². The van der Waals surface area contributed by atoms with Gasteiger partial charge in [0.05, 0.1) is 32.3 Å². The minimum Gasteiger partial charge on any atom is -0.497 e. The molecule has 0 unspecified atom stereocenters. The molecular formula is C18H20ClNO4S. The van der Waals surface area contributed by atoms with Crippen LogP contribution in [-0.2, 0) is 4.79 Å². The lowest BCUT2D eigenvalue weighted by Gasteiger charge is -2.11. The summed E-state index contributed by atoms with van der Waals surface area (Å²) in [5.41, 5.74) is 0.588. The lowest BCUT2D eigenvalue weighted by Crippen LogP contribution is -2.15. The van der Waals surface area contributed by atoms with Crippen LogP contribution in [0.25, 0.3) is 0 Å². The molecule has 0 saturated heterocycles. The predicted octanol–water partition coefficient (Wildman–Crippen LogP) is 4.11. The van der Waals surface area contributed by atoms with Crippen LogP contribution in [0.5, 0.6) is 17.2 Å². The fourth-order valence-electron chi connectivity index (χ4n) is 2.01. The minimum atomic E-state index is -0.108. The van der Waals surface area contributed by atoms with E-state index in [0.29, 0.717) is 40.3 Å². The Kier molecular flexibility index (Phi) is 7.76. The van der Waals surface area contributed by atoms with Crippen LogP contribution in [0.4, 0.5) is 5.69 Å². The molecule has 25 heavy (non-hydrogen) atoms. The highest BCUT2D eigenvalue weighted by Crippen LogP contribution is 2.29. The standard InChI is InChI=1S/C18H20ClNO4S/c1-22-15-7-8-17(23-2)16(11-15)20-18(21)12-25-10-9-24-14-5-3-13(19)4-6-14/h3-8,11H,9-10,12H2,1-2H3,(H,20,21). The second-order valence-corrected chi connectivity index (χ2v) is 6.51. The maximum atomic E-state index is 12.1. The Morgan fingerprint density at radius 3 is 2.48 bits per heavy atom. The van der Waals surface area contributed by atoms with Crippen molar-refractivity contribution in [1.29, 1.82) is 0 Å². The zero-order valence-corrected chi connectivity index (χ0v) is 15.7. The molecule has 2 aromatic rings. The van der Waals surface area contributed by atoms with Crippen molar-refractivity contribution in [3.05, 3.63) is 47.5 Å². The molecule has 0 radical (unpaired) electrons. The maximum Gasteiger partial charge on any atom is 0.234 e. The smallest absolute Gasteiger partial charge is 0.234 e. The van der Waals surface area contributed by atoms with Gasteiger partial charge in [-0.1, -0.05) is 11.6 Å². The fourth-order valence-corrected chi connectivity index (χ4v) is 2.74. The van der Waals surface area contributed by atoms with E-state index in [-0.39, 0.29) is 5.91 Å². The number of halogens is 1. The number of carbonyl (C=O) groups is 1. The molecule has 0 spiro atoms. The summed E-state index contributed by atoms with van der Waals surface area (Å²) in [5, 5.41) is 3.50. The topological polar surface area (TPSA) is 56.8 Å². The molecule has 2 aromatic carbocycles. The Hall–Kier alpha value is -2.05. The number of hydrogen-bond acceptors (Lipinski definition) is 5. The van der Waals surface area contributed by atoms with Crippen molar-refractivity contribution in [3.63, 3.8) is 0 Å². The van der Waals surface area contributed by atoms with E-state index >= 15 is 0 Å². The van der Waals surface area contributed by atoms with Gasteiger partial charge < -0.3 is 19.5 Å². The van der Waals surface area contributed by atoms with E-state index in [2.05, 4.69) is 5.32 Å². The number of rotatable bonds is 9. The van der Waals surface area contributed by atoms with Gasteiger partial charge in [-0.15, -0.1) is 11.8 Å². The normalized spacial score (nSPS) is 10.2. The highest BCUT2D eigenvalue weighted by Gasteiger charge is 2.09. The Bertz CT molecular complexity index is 694. The van der Waals surface area contributed by atoms with E-state index in [4.69, 9.17) is 25.8 Å². The summed E-state index contributed by atoms with van der Waals surface area (Å²) in [6.07, 6.45) is 0. The second kappa shape index (κ2) is 10.1. The summed E-state index contributed by atoms with van der Waals surface area (Å²) in [6, 6.07) is 12.4. The van der Waals surface area contributed by atoms with Gasteiger partial charge >= 0.3 is 0 Å². The summed E-state index contributed by atoms with van der Waals surface area (Å²) < 4.78 is 16.0. The summed E-state index contributed by atoms with van der Waals surface area (Å²) >= 11 is 7.31. The SMILES string of the molecule is COc1ccc(OC)c(NC(=O)CSCCOc2ccc(Cl)cc2)c1. The zero-order valence-electron chi connectivity index (χ0n) is 14.1. The minimum absolute atomic E-state index is 0.108. The van der Waals surface area contributed by atoms with Crippen LogP contribution in [0.3, 0.4) is 0 Å². The average molecular weight is 382 g/mol. The molecule has 2 rings (SSSR count). The van der Waals surface area contributed by atoms with E-state index in [9.17, 15) is 4.79 Å². The molecular weight excluding hydrogens is 362 g/mol. The van der Waals surface area contributed by atoms with Gasteiger partial charge in [-0.3, -0.25) is 4.79 Å². The number of carbonyl (C=O) groups excluding carboxylic acids is 1. The van der Waals surface area contributed by atoms with Crippen LogP contribution in [0, 0.1) is 0 Å². The number of hydrogen-bond donors (Lipinski definition) is 1. The lowest BCUT2D eigenvalue weighted by atomic mass is 10.2. The Morgan fingerprint density at radius 2 is 1.80 bits per heavy atom. The van der Waals surface area contributed by atoms with E-state index in [1.54, 1.807) is 44.6 Å². The average Bonchev–Trinajstić information content (AvgIpc) is 2.63. The van der Waals surface area contributed by atoms with E-state index in [1.807, 2.05) is 12.1 Å². The number of amides is 1. The van der Waals surface area contributed by atoms with Crippen molar-refractivity contribution in [1.82, 2.24) is 0 Å². The number of benzene rings is 2. The van der Waals surface area contributed by atoms with Gasteiger partial charge in [-0.05, 0) is 36.4 Å². The number of thioether (sulfide) groups is 1.